The van der Waals surface area contributed by atoms with Crippen LogP contribution in [-0.2, 0) is 0 Å². The molecule has 92 valence electrons. The standard InChI is InChI=1S/C10H9N5O3/c1-18-7-2-6(3-12-4-7)9-8(15(16)17)5-13-10(11)14-9/h2-5H,1H3,(H2,11,13,14). The van der Waals surface area contributed by atoms with Crippen molar-refractivity contribution in [3.05, 3.63) is 34.8 Å². The monoisotopic (exact) mass is 247 g/mol. The van der Waals surface area contributed by atoms with Gasteiger partial charge in [-0.25, -0.2) is 9.97 Å². The van der Waals surface area contributed by atoms with Crippen molar-refractivity contribution in [2.24, 2.45) is 0 Å². The highest BCUT2D eigenvalue weighted by Crippen LogP contribution is 2.28. The topological polar surface area (TPSA) is 117 Å². The molecule has 0 bridgehead atoms. The molecule has 0 unspecified atom stereocenters. The number of methoxy groups -OCH3 is 1. The van der Waals surface area contributed by atoms with E-state index in [9.17, 15) is 10.1 Å². The molecule has 0 aliphatic heterocycles. The van der Waals surface area contributed by atoms with Gasteiger partial charge >= 0.3 is 5.69 Å². The second-order valence-electron chi connectivity index (χ2n) is 3.33. The molecule has 0 saturated carbocycles. The maximum absolute atomic E-state index is 10.9. The first kappa shape index (κ1) is 11.7. The molecule has 2 heterocycles. The predicted octanol–water partition coefficient (Wildman–Crippen LogP) is 1.04. The Labute approximate surface area is 102 Å². The minimum absolute atomic E-state index is 0.0431. The molecule has 2 aromatic heterocycles. The highest BCUT2D eigenvalue weighted by Gasteiger charge is 2.18. The molecule has 0 spiro atoms. The zero-order valence-corrected chi connectivity index (χ0v) is 9.40. The molecule has 0 aromatic carbocycles. The van der Waals surface area contributed by atoms with Crippen LogP contribution in [0.2, 0.25) is 0 Å². The molecule has 0 aliphatic rings. The molecular formula is C10H9N5O3. The fourth-order valence-electron chi connectivity index (χ4n) is 1.40. The normalized spacial score (nSPS) is 10.1. The van der Waals surface area contributed by atoms with Crippen LogP contribution >= 0.6 is 0 Å². The maximum atomic E-state index is 10.9. The fourth-order valence-corrected chi connectivity index (χ4v) is 1.40. The third-order valence-electron chi connectivity index (χ3n) is 2.21. The van der Waals surface area contributed by atoms with Crippen molar-refractivity contribution in [3.8, 4) is 17.0 Å². The Morgan fingerprint density at radius 3 is 2.83 bits per heavy atom. The van der Waals surface area contributed by atoms with Gasteiger partial charge in [0.1, 0.15) is 11.9 Å². The molecule has 0 fully saturated rings. The van der Waals surface area contributed by atoms with E-state index in [1.165, 1.54) is 19.5 Å². The number of nitrogens with zero attached hydrogens (tertiary/aromatic N) is 4. The van der Waals surface area contributed by atoms with Crippen LogP contribution in [0.4, 0.5) is 11.6 Å². The molecule has 0 aliphatic carbocycles. The summed E-state index contributed by atoms with van der Waals surface area (Å²) >= 11 is 0. The molecule has 0 radical (unpaired) electrons. The van der Waals surface area contributed by atoms with Crippen LogP contribution in [-0.4, -0.2) is 27.0 Å². The number of hydrogen-bond donors (Lipinski definition) is 1. The van der Waals surface area contributed by atoms with Crippen LogP contribution in [0.15, 0.2) is 24.7 Å². The lowest BCUT2D eigenvalue weighted by molar-refractivity contribution is -0.384. The lowest BCUT2D eigenvalue weighted by Gasteiger charge is -2.04. The smallest absolute Gasteiger partial charge is 0.313 e. The lowest BCUT2D eigenvalue weighted by atomic mass is 10.2. The Balaban J connectivity index is 2.61. The SMILES string of the molecule is COc1cncc(-c2nc(N)ncc2[N+](=O)[O-])c1. The van der Waals surface area contributed by atoms with Gasteiger partial charge in [-0.05, 0) is 6.07 Å². The van der Waals surface area contributed by atoms with E-state index in [0.29, 0.717) is 11.3 Å². The number of nitrogens with two attached hydrogens (primary N) is 1. The van der Waals surface area contributed by atoms with Crippen molar-refractivity contribution in [3.63, 3.8) is 0 Å². The first-order chi connectivity index (χ1) is 8.61. The van der Waals surface area contributed by atoms with Crippen molar-refractivity contribution in [2.45, 2.75) is 0 Å². The molecule has 2 rings (SSSR count). The summed E-state index contributed by atoms with van der Waals surface area (Å²) in [6, 6.07) is 1.59. The molecule has 0 amide bonds. The van der Waals surface area contributed by atoms with Gasteiger partial charge in [-0.15, -0.1) is 0 Å². The molecule has 8 heteroatoms. The molecule has 18 heavy (non-hydrogen) atoms. The van der Waals surface area contributed by atoms with Gasteiger partial charge < -0.3 is 10.5 Å². The van der Waals surface area contributed by atoms with Crippen molar-refractivity contribution >= 4 is 11.6 Å². The van der Waals surface area contributed by atoms with Crippen LogP contribution in [0.25, 0.3) is 11.3 Å². The van der Waals surface area contributed by atoms with Gasteiger partial charge in [0.05, 0.1) is 18.2 Å². The molecule has 0 saturated heterocycles. The lowest BCUT2D eigenvalue weighted by Crippen LogP contribution is -2.01. The van der Waals surface area contributed by atoms with Gasteiger partial charge in [-0.1, -0.05) is 0 Å². The number of aromatic nitrogens is 3. The van der Waals surface area contributed by atoms with E-state index in [-0.39, 0.29) is 17.3 Å². The van der Waals surface area contributed by atoms with Crippen LogP contribution in [0.3, 0.4) is 0 Å². The Morgan fingerprint density at radius 2 is 2.17 bits per heavy atom. The molecular weight excluding hydrogens is 238 g/mol. The summed E-state index contributed by atoms with van der Waals surface area (Å²) in [5, 5.41) is 10.9. The van der Waals surface area contributed by atoms with Crippen LogP contribution in [0.5, 0.6) is 5.75 Å². The van der Waals surface area contributed by atoms with Crippen molar-refractivity contribution in [1.29, 1.82) is 0 Å². The second-order valence-corrected chi connectivity index (χ2v) is 3.33. The van der Waals surface area contributed by atoms with E-state index in [1.807, 2.05) is 0 Å². The number of rotatable bonds is 3. The number of ether oxygens (including phenoxy) is 1. The molecule has 8 nitrogen and oxygen atoms in total. The molecule has 2 aromatic rings. The Bertz CT molecular complexity index is 602. The van der Waals surface area contributed by atoms with Crippen LogP contribution in [0, 0.1) is 10.1 Å². The van der Waals surface area contributed by atoms with Crippen molar-refractivity contribution in [1.82, 2.24) is 15.0 Å². The number of anilines is 1. The van der Waals surface area contributed by atoms with E-state index in [2.05, 4.69) is 15.0 Å². The molecule has 0 atom stereocenters. The van der Waals surface area contributed by atoms with Gasteiger partial charge in [-0.3, -0.25) is 15.1 Å². The van der Waals surface area contributed by atoms with Gasteiger partial charge in [0, 0.05) is 11.8 Å². The highest BCUT2D eigenvalue weighted by molar-refractivity contribution is 5.69. The highest BCUT2D eigenvalue weighted by atomic mass is 16.6. The number of nitro groups is 1. The number of pyridine rings is 1. The van der Waals surface area contributed by atoms with E-state index >= 15 is 0 Å². The van der Waals surface area contributed by atoms with Crippen molar-refractivity contribution in [2.75, 3.05) is 12.8 Å². The fraction of sp³-hybridized carbons (Fsp3) is 0.100. The average Bonchev–Trinajstić information content (AvgIpc) is 2.38. The summed E-state index contributed by atoms with van der Waals surface area (Å²) in [4.78, 5) is 21.7. The summed E-state index contributed by atoms with van der Waals surface area (Å²) in [5.41, 5.74) is 5.75. The summed E-state index contributed by atoms with van der Waals surface area (Å²) in [6.07, 6.45) is 3.99. The maximum Gasteiger partial charge on any atom is 0.313 e. The van der Waals surface area contributed by atoms with Gasteiger partial charge in [0.25, 0.3) is 0 Å². The Morgan fingerprint density at radius 1 is 1.39 bits per heavy atom. The predicted molar refractivity (Wildman–Crippen MR) is 62.9 cm³/mol. The summed E-state index contributed by atoms with van der Waals surface area (Å²) in [5.74, 6) is 0.428. The first-order valence-electron chi connectivity index (χ1n) is 4.88. The van der Waals surface area contributed by atoms with E-state index in [4.69, 9.17) is 10.5 Å². The van der Waals surface area contributed by atoms with E-state index < -0.39 is 4.92 Å². The summed E-state index contributed by atoms with van der Waals surface area (Å²) in [7, 11) is 1.48. The minimum atomic E-state index is -0.575. The summed E-state index contributed by atoms with van der Waals surface area (Å²) in [6.45, 7) is 0. The average molecular weight is 247 g/mol. The van der Waals surface area contributed by atoms with Crippen LogP contribution < -0.4 is 10.5 Å². The van der Waals surface area contributed by atoms with E-state index in [0.717, 1.165) is 6.20 Å². The number of hydrogen-bond acceptors (Lipinski definition) is 7. The first-order valence-corrected chi connectivity index (χ1v) is 4.88. The largest absolute Gasteiger partial charge is 0.495 e. The molecule has 2 N–H and O–H groups in total. The van der Waals surface area contributed by atoms with E-state index in [1.54, 1.807) is 6.07 Å². The van der Waals surface area contributed by atoms with Gasteiger partial charge in [0.2, 0.25) is 5.95 Å². The zero-order chi connectivity index (χ0) is 13.1. The van der Waals surface area contributed by atoms with Gasteiger partial charge in [0.15, 0.2) is 5.69 Å². The van der Waals surface area contributed by atoms with Crippen molar-refractivity contribution < 1.29 is 9.66 Å². The quantitative estimate of drug-likeness (QED) is 0.635. The number of nitrogen functional groups attached to an aromatic ring is 1. The Kier molecular flexibility index (Phi) is 3.00. The second kappa shape index (κ2) is 4.62. The third-order valence-corrected chi connectivity index (χ3v) is 2.21. The summed E-state index contributed by atoms with van der Waals surface area (Å²) < 4.78 is 5.00. The Hall–Kier alpha value is -2.77. The zero-order valence-electron chi connectivity index (χ0n) is 9.40. The minimum Gasteiger partial charge on any atom is -0.495 e. The van der Waals surface area contributed by atoms with Gasteiger partial charge in [-0.2, -0.15) is 0 Å². The van der Waals surface area contributed by atoms with Crippen LogP contribution in [0.1, 0.15) is 0 Å². The third kappa shape index (κ3) is 2.17.